The third kappa shape index (κ3) is 5.59. The monoisotopic (exact) mass is 308 g/mol. The summed E-state index contributed by atoms with van der Waals surface area (Å²) in [6.07, 6.45) is 2.45. The number of anilines is 1. The van der Waals surface area contributed by atoms with Gasteiger partial charge in [-0.05, 0) is 48.6 Å². The molecule has 1 aromatic carbocycles. The van der Waals surface area contributed by atoms with Crippen molar-refractivity contribution in [3.63, 3.8) is 0 Å². The van der Waals surface area contributed by atoms with Crippen LogP contribution in [0.2, 0.25) is 0 Å². The lowest BCUT2D eigenvalue weighted by Gasteiger charge is -2.12. The first kappa shape index (κ1) is 16.2. The van der Waals surface area contributed by atoms with E-state index in [1.54, 1.807) is 0 Å². The highest BCUT2D eigenvalue weighted by Crippen LogP contribution is 2.24. The highest BCUT2D eigenvalue weighted by atomic mass is 32.2. The van der Waals surface area contributed by atoms with Crippen LogP contribution in [0, 0.1) is 5.92 Å². The summed E-state index contributed by atoms with van der Waals surface area (Å²) in [7, 11) is 0. The number of benzene rings is 1. The topological polar surface area (TPSA) is 61.4 Å². The van der Waals surface area contributed by atoms with Crippen LogP contribution in [0.25, 0.3) is 0 Å². The zero-order valence-corrected chi connectivity index (χ0v) is 13.3. The average molecular weight is 308 g/mol. The van der Waals surface area contributed by atoms with Gasteiger partial charge in [-0.15, -0.1) is 0 Å². The maximum Gasteiger partial charge on any atom is 0.319 e. The second-order valence-corrected chi connectivity index (χ2v) is 6.78. The Balaban J connectivity index is 1.76. The van der Waals surface area contributed by atoms with Crippen molar-refractivity contribution in [1.29, 1.82) is 0 Å². The van der Waals surface area contributed by atoms with Gasteiger partial charge in [0.15, 0.2) is 0 Å². The van der Waals surface area contributed by atoms with E-state index in [1.807, 2.05) is 30.0 Å². The summed E-state index contributed by atoms with van der Waals surface area (Å²) in [5, 5.41) is 15.2. The smallest absolute Gasteiger partial charge is 0.319 e. The lowest BCUT2D eigenvalue weighted by Crippen LogP contribution is -2.32. The molecule has 0 saturated heterocycles. The van der Waals surface area contributed by atoms with Gasteiger partial charge < -0.3 is 15.7 Å². The van der Waals surface area contributed by atoms with E-state index in [2.05, 4.69) is 23.6 Å². The molecule has 0 aliphatic heterocycles. The molecule has 116 valence electrons. The first-order valence-electron chi connectivity index (χ1n) is 7.57. The van der Waals surface area contributed by atoms with E-state index in [4.69, 9.17) is 0 Å². The van der Waals surface area contributed by atoms with Gasteiger partial charge in [0.05, 0.1) is 6.10 Å². The van der Waals surface area contributed by atoms with Crippen molar-refractivity contribution in [3.8, 4) is 0 Å². The van der Waals surface area contributed by atoms with Gasteiger partial charge in [0.25, 0.3) is 0 Å². The van der Waals surface area contributed by atoms with E-state index < -0.39 is 0 Å². The third-order valence-corrected chi connectivity index (χ3v) is 4.67. The van der Waals surface area contributed by atoms with E-state index in [1.165, 1.54) is 5.56 Å². The van der Waals surface area contributed by atoms with Gasteiger partial charge in [-0.25, -0.2) is 4.79 Å². The highest BCUT2D eigenvalue weighted by Gasteiger charge is 2.22. The molecular weight excluding hydrogens is 284 g/mol. The van der Waals surface area contributed by atoms with Crippen LogP contribution in [-0.4, -0.2) is 29.5 Å². The Hall–Kier alpha value is -1.20. The van der Waals surface area contributed by atoms with Gasteiger partial charge in [-0.1, -0.05) is 19.1 Å². The van der Waals surface area contributed by atoms with Crippen LogP contribution in [-0.2, 0) is 5.75 Å². The van der Waals surface area contributed by atoms with Crippen molar-refractivity contribution in [3.05, 3.63) is 29.8 Å². The van der Waals surface area contributed by atoms with Gasteiger partial charge in [-0.2, -0.15) is 11.8 Å². The number of hydrogen-bond donors (Lipinski definition) is 3. The normalized spacial score (nSPS) is 21.2. The number of hydrogen-bond acceptors (Lipinski definition) is 3. The van der Waals surface area contributed by atoms with Crippen molar-refractivity contribution in [1.82, 2.24) is 5.32 Å². The van der Waals surface area contributed by atoms with Crippen LogP contribution in [0.1, 0.15) is 31.7 Å². The van der Waals surface area contributed by atoms with Gasteiger partial charge in [-0.3, -0.25) is 0 Å². The number of aliphatic hydroxyl groups is 1. The largest absolute Gasteiger partial charge is 0.393 e. The molecule has 1 saturated carbocycles. The summed E-state index contributed by atoms with van der Waals surface area (Å²) in [6.45, 7) is 2.77. The number of thioether (sulfide) groups is 1. The average Bonchev–Trinajstić information content (AvgIpc) is 2.89. The molecule has 3 N–H and O–H groups in total. The number of urea groups is 1. The van der Waals surface area contributed by atoms with Gasteiger partial charge in [0.1, 0.15) is 0 Å². The lowest BCUT2D eigenvalue weighted by molar-refractivity contribution is 0.177. The second kappa shape index (κ2) is 8.29. The molecule has 21 heavy (non-hydrogen) atoms. The summed E-state index contributed by atoms with van der Waals surface area (Å²) in [5.41, 5.74) is 2.05. The minimum atomic E-state index is -0.187. The summed E-state index contributed by atoms with van der Waals surface area (Å²) in [6, 6.07) is 7.79. The molecule has 0 radical (unpaired) electrons. The Morgan fingerprint density at radius 3 is 3.00 bits per heavy atom. The predicted molar refractivity (Wildman–Crippen MR) is 88.6 cm³/mol. The number of amides is 2. The molecule has 5 heteroatoms. The number of rotatable bonds is 6. The van der Waals surface area contributed by atoms with Crippen molar-refractivity contribution < 1.29 is 9.90 Å². The van der Waals surface area contributed by atoms with Crippen LogP contribution < -0.4 is 10.6 Å². The number of nitrogens with one attached hydrogen (secondary N) is 2. The molecule has 1 aromatic rings. The summed E-state index contributed by atoms with van der Waals surface area (Å²) >= 11 is 1.86. The van der Waals surface area contributed by atoms with Crippen LogP contribution in [0.3, 0.4) is 0 Å². The maximum atomic E-state index is 11.9. The van der Waals surface area contributed by atoms with E-state index in [0.717, 1.165) is 36.5 Å². The first-order valence-corrected chi connectivity index (χ1v) is 8.72. The number of aliphatic hydroxyl groups excluding tert-OH is 1. The molecule has 2 amide bonds. The summed E-state index contributed by atoms with van der Waals surface area (Å²) < 4.78 is 0. The third-order valence-electron chi connectivity index (χ3n) is 3.72. The van der Waals surface area contributed by atoms with Gasteiger partial charge in [0.2, 0.25) is 0 Å². The molecule has 2 rings (SSSR count). The SMILES string of the molecule is CCSCc1cccc(NC(=O)NC[C@@H]2CC[C@@H](O)C2)c1. The van der Waals surface area contributed by atoms with Crippen molar-refractivity contribution in [2.75, 3.05) is 17.6 Å². The zero-order valence-electron chi connectivity index (χ0n) is 12.5. The van der Waals surface area contributed by atoms with E-state index in [0.29, 0.717) is 12.5 Å². The van der Waals surface area contributed by atoms with Gasteiger partial charge in [0, 0.05) is 18.0 Å². The van der Waals surface area contributed by atoms with Crippen molar-refractivity contribution in [2.45, 2.75) is 38.0 Å². The zero-order chi connectivity index (χ0) is 15.1. The molecule has 1 fully saturated rings. The molecule has 4 nitrogen and oxygen atoms in total. The van der Waals surface area contributed by atoms with Crippen LogP contribution in [0.5, 0.6) is 0 Å². The number of carbonyl (C=O) groups excluding carboxylic acids is 1. The van der Waals surface area contributed by atoms with Crippen LogP contribution in [0.4, 0.5) is 10.5 Å². The first-order chi connectivity index (χ1) is 10.2. The quantitative estimate of drug-likeness (QED) is 0.756. The maximum absolute atomic E-state index is 11.9. The standard InChI is InChI=1S/C16H24N2O2S/c1-2-21-11-13-4-3-5-14(8-13)18-16(20)17-10-12-6-7-15(19)9-12/h3-5,8,12,15,19H,2,6-7,9-11H2,1H3,(H2,17,18,20)/t12-,15-/m1/s1. The predicted octanol–water partition coefficient (Wildman–Crippen LogP) is 3.22. The fourth-order valence-electron chi connectivity index (χ4n) is 2.61. The van der Waals surface area contributed by atoms with Crippen LogP contribution in [0.15, 0.2) is 24.3 Å². The second-order valence-electron chi connectivity index (χ2n) is 5.51. The molecule has 0 spiro atoms. The Kier molecular flexibility index (Phi) is 6.39. The molecule has 2 atom stereocenters. The Labute approximate surface area is 130 Å². The fraction of sp³-hybridized carbons (Fsp3) is 0.562. The lowest BCUT2D eigenvalue weighted by atomic mass is 10.1. The Bertz CT molecular complexity index is 467. The molecule has 1 aliphatic rings. The summed E-state index contributed by atoms with van der Waals surface area (Å²) in [5.74, 6) is 2.46. The minimum Gasteiger partial charge on any atom is -0.393 e. The molecule has 0 bridgehead atoms. The fourth-order valence-corrected chi connectivity index (χ4v) is 3.22. The van der Waals surface area contributed by atoms with E-state index in [9.17, 15) is 9.90 Å². The Morgan fingerprint density at radius 2 is 2.29 bits per heavy atom. The van der Waals surface area contributed by atoms with E-state index >= 15 is 0 Å². The molecular formula is C16H24N2O2S. The summed E-state index contributed by atoms with van der Waals surface area (Å²) in [4.78, 5) is 11.9. The minimum absolute atomic E-state index is 0.170. The van der Waals surface area contributed by atoms with Crippen LogP contribution >= 0.6 is 11.8 Å². The van der Waals surface area contributed by atoms with E-state index in [-0.39, 0.29) is 12.1 Å². The van der Waals surface area contributed by atoms with Gasteiger partial charge >= 0.3 is 6.03 Å². The molecule has 0 aromatic heterocycles. The Morgan fingerprint density at radius 1 is 1.43 bits per heavy atom. The number of carbonyl (C=O) groups is 1. The van der Waals surface area contributed by atoms with Crippen molar-refractivity contribution in [2.24, 2.45) is 5.92 Å². The molecule has 0 unspecified atom stereocenters. The molecule has 1 aliphatic carbocycles. The molecule has 0 heterocycles. The van der Waals surface area contributed by atoms with Crippen molar-refractivity contribution >= 4 is 23.5 Å². The highest BCUT2D eigenvalue weighted by molar-refractivity contribution is 7.98.